The van der Waals surface area contributed by atoms with Crippen molar-refractivity contribution in [1.82, 2.24) is 14.8 Å². The number of carbonyl (C=O) groups excluding carboxylic acids is 2. The second-order valence-electron chi connectivity index (χ2n) is 6.36. The van der Waals surface area contributed by atoms with E-state index in [0.29, 0.717) is 31.9 Å². The molecule has 2 aliphatic heterocycles. The number of aromatic nitrogens is 1. The standard InChI is InChI=1S/C19H20N4O2/c24-14-21-9-11-22(12-10-21)19(25)17-13-16(5-7-20-17)23-8-6-15-3-1-2-4-18(15)23/h1-5,7,13-14H,6,8-12H2. The molecule has 1 saturated heterocycles. The zero-order valence-electron chi connectivity index (χ0n) is 14.0. The average molecular weight is 336 g/mol. The van der Waals surface area contributed by atoms with Gasteiger partial charge in [-0.2, -0.15) is 0 Å². The fraction of sp³-hybridized carbons (Fsp3) is 0.316. The SMILES string of the molecule is O=CN1CCN(C(=O)c2cc(N3CCc4ccccc43)ccn2)CC1. The molecule has 0 radical (unpaired) electrons. The lowest BCUT2D eigenvalue weighted by Gasteiger charge is -2.32. The first-order chi connectivity index (χ1) is 12.3. The molecule has 2 amide bonds. The van der Waals surface area contributed by atoms with E-state index in [4.69, 9.17) is 0 Å². The van der Waals surface area contributed by atoms with Crippen LogP contribution in [-0.2, 0) is 11.2 Å². The first-order valence-corrected chi connectivity index (χ1v) is 8.56. The quantitative estimate of drug-likeness (QED) is 0.801. The number of para-hydroxylation sites is 1. The molecule has 0 N–H and O–H groups in total. The molecule has 0 spiro atoms. The summed E-state index contributed by atoms with van der Waals surface area (Å²) in [6.45, 7) is 3.17. The number of amides is 2. The molecule has 0 bridgehead atoms. The van der Waals surface area contributed by atoms with Gasteiger partial charge in [-0.15, -0.1) is 0 Å². The summed E-state index contributed by atoms with van der Waals surface area (Å²) in [5.74, 6) is -0.0696. The van der Waals surface area contributed by atoms with Gasteiger partial charge in [-0.3, -0.25) is 14.6 Å². The Morgan fingerprint density at radius 1 is 1.04 bits per heavy atom. The second-order valence-corrected chi connectivity index (χ2v) is 6.36. The fourth-order valence-corrected chi connectivity index (χ4v) is 3.50. The van der Waals surface area contributed by atoms with Crippen molar-refractivity contribution < 1.29 is 9.59 Å². The van der Waals surface area contributed by atoms with Gasteiger partial charge >= 0.3 is 0 Å². The highest BCUT2D eigenvalue weighted by Gasteiger charge is 2.24. The monoisotopic (exact) mass is 336 g/mol. The lowest BCUT2D eigenvalue weighted by Crippen LogP contribution is -2.48. The van der Waals surface area contributed by atoms with Crippen molar-refractivity contribution in [2.75, 3.05) is 37.6 Å². The summed E-state index contributed by atoms with van der Waals surface area (Å²) in [5, 5.41) is 0. The Hall–Kier alpha value is -2.89. The first kappa shape index (κ1) is 15.6. The minimum Gasteiger partial charge on any atom is -0.342 e. The zero-order chi connectivity index (χ0) is 17.2. The number of benzene rings is 1. The summed E-state index contributed by atoms with van der Waals surface area (Å²) in [4.78, 5) is 33.5. The molecular formula is C19H20N4O2. The van der Waals surface area contributed by atoms with Gasteiger partial charge < -0.3 is 14.7 Å². The molecule has 1 aromatic carbocycles. The van der Waals surface area contributed by atoms with Crippen molar-refractivity contribution in [2.45, 2.75) is 6.42 Å². The maximum Gasteiger partial charge on any atom is 0.272 e. The highest BCUT2D eigenvalue weighted by Crippen LogP contribution is 2.34. The van der Waals surface area contributed by atoms with Crippen LogP contribution in [0.3, 0.4) is 0 Å². The van der Waals surface area contributed by atoms with Crippen LogP contribution in [0.2, 0.25) is 0 Å². The highest BCUT2D eigenvalue weighted by atomic mass is 16.2. The van der Waals surface area contributed by atoms with Gasteiger partial charge in [0, 0.05) is 50.3 Å². The van der Waals surface area contributed by atoms with E-state index in [1.165, 1.54) is 11.3 Å². The van der Waals surface area contributed by atoms with Crippen LogP contribution in [0.5, 0.6) is 0 Å². The molecule has 0 atom stereocenters. The molecule has 6 nitrogen and oxygen atoms in total. The molecule has 0 unspecified atom stereocenters. The predicted molar refractivity (Wildman–Crippen MR) is 94.9 cm³/mol. The summed E-state index contributed by atoms with van der Waals surface area (Å²) in [6, 6.07) is 12.2. The van der Waals surface area contributed by atoms with Crippen LogP contribution in [0.25, 0.3) is 0 Å². The van der Waals surface area contributed by atoms with Gasteiger partial charge in [-0.25, -0.2) is 0 Å². The van der Waals surface area contributed by atoms with Crippen LogP contribution in [0.4, 0.5) is 11.4 Å². The zero-order valence-corrected chi connectivity index (χ0v) is 14.0. The average Bonchev–Trinajstić information content (AvgIpc) is 3.12. The maximum atomic E-state index is 12.7. The van der Waals surface area contributed by atoms with Gasteiger partial charge in [-0.1, -0.05) is 18.2 Å². The molecule has 128 valence electrons. The molecule has 1 fully saturated rings. The molecule has 6 heteroatoms. The number of pyridine rings is 1. The Morgan fingerprint density at radius 2 is 1.84 bits per heavy atom. The number of fused-ring (bicyclic) bond motifs is 1. The maximum absolute atomic E-state index is 12.7. The Bertz CT molecular complexity index is 800. The molecule has 0 aliphatic carbocycles. The molecule has 3 heterocycles. The Balaban J connectivity index is 1.54. The topological polar surface area (TPSA) is 56.8 Å². The Kier molecular flexibility index (Phi) is 4.09. The minimum absolute atomic E-state index is 0.0696. The van der Waals surface area contributed by atoms with Crippen molar-refractivity contribution in [3.05, 3.63) is 53.9 Å². The minimum atomic E-state index is -0.0696. The number of nitrogens with zero attached hydrogens (tertiary/aromatic N) is 4. The third-order valence-corrected chi connectivity index (χ3v) is 4.91. The van der Waals surface area contributed by atoms with Gasteiger partial charge in [0.1, 0.15) is 5.69 Å². The lowest BCUT2D eigenvalue weighted by molar-refractivity contribution is -0.119. The van der Waals surface area contributed by atoms with E-state index in [-0.39, 0.29) is 5.91 Å². The second kappa shape index (κ2) is 6.55. The van der Waals surface area contributed by atoms with Gasteiger partial charge in [0.2, 0.25) is 6.41 Å². The number of carbonyl (C=O) groups is 2. The van der Waals surface area contributed by atoms with E-state index < -0.39 is 0 Å². The largest absolute Gasteiger partial charge is 0.342 e. The third-order valence-electron chi connectivity index (χ3n) is 4.91. The number of hydrogen-bond acceptors (Lipinski definition) is 4. The van der Waals surface area contributed by atoms with Crippen LogP contribution in [0.1, 0.15) is 16.1 Å². The molecule has 25 heavy (non-hydrogen) atoms. The molecule has 2 aliphatic rings. The molecule has 2 aromatic rings. The molecule has 1 aromatic heterocycles. The molecule has 4 rings (SSSR count). The smallest absolute Gasteiger partial charge is 0.272 e. The predicted octanol–water partition coefficient (Wildman–Crippen LogP) is 1.69. The summed E-state index contributed by atoms with van der Waals surface area (Å²) < 4.78 is 0. The highest BCUT2D eigenvalue weighted by molar-refractivity contribution is 5.93. The van der Waals surface area contributed by atoms with Crippen LogP contribution in [-0.4, -0.2) is 59.8 Å². The van der Waals surface area contributed by atoms with Gasteiger partial charge in [0.15, 0.2) is 0 Å². The first-order valence-electron chi connectivity index (χ1n) is 8.56. The van der Waals surface area contributed by atoms with E-state index >= 15 is 0 Å². The molecule has 0 saturated carbocycles. The van der Waals surface area contributed by atoms with Crippen LogP contribution in [0.15, 0.2) is 42.6 Å². The van der Waals surface area contributed by atoms with E-state index in [1.54, 1.807) is 16.0 Å². The van der Waals surface area contributed by atoms with Crippen LogP contribution in [0, 0.1) is 0 Å². The summed E-state index contributed by atoms with van der Waals surface area (Å²) in [5.41, 5.74) is 3.99. The van der Waals surface area contributed by atoms with Gasteiger partial charge in [0.05, 0.1) is 0 Å². The molecular weight excluding hydrogens is 316 g/mol. The number of hydrogen-bond donors (Lipinski definition) is 0. The summed E-state index contributed by atoms with van der Waals surface area (Å²) in [7, 11) is 0. The lowest BCUT2D eigenvalue weighted by atomic mass is 10.2. The van der Waals surface area contributed by atoms with Crippen molar-refractivity contribution >= 4 is 23.7 Å². The van der Waals surface area contributed by atoms with Crippen molar-refractivity contribution in [3.8, 4) is 0 Å². The van der Waals surface area contributed by atoms with E-state index in [0.717, 1.165) is 25.1 Å². The van der Waals surface area contributed by atoms with Crippen LogP contribution >= 0.6 is 0 Å². The third kappa shape index (κ3) is 2.95. The van der Waals surface area contributed by atoms with E-state index in [2.05, 4.69) is 28.1 Å². The van der Waals surface area contributed by atoms with Gasteiger partial charge in [-0.05, 0) is 30.2 Å². The van der Waals surface area contributed by atoms with Gasteiger partial charge in [0.25, 0.3) is 5.91 Å². The Morgan fingerprint density at radius 3 is 2.64 bits per heavy atom. The number of piperazine rings is 1. The number of anilines is 2. The number of rotatable bonds is 3. The van der Waals surface area contributed by atoms with Crippen molar-refractivity contribution in [1.29, 1.82) is 0 Å². The normalized spacial score (nSPS) is 16.7. The van der Waals surface area contributed by atoms with Crippen molar-refractivity contribution in [2.24, 2.45) is 0 Å². The summed E-state index contributed by atoms with van der Waals surface area (Å²) >= 11 is 0. The van der Waals surface area contributed by atoms with E-state index in [9.17, 15) is 9.59 Å². The van der Waals surface area contributed by atoms with E-state index in [1.807, 2.05) is 18.2 Å². The summed E-state index contributed by atoms with van der Waals surface area (Å²) in [6.07, 6.45) is 3.55. The fourth-order valence-electron chi connectivity index (χ4n) is 3.50. The Labute approximate surface area is 146 Å². The van der Waals surface area contributed by atoms with Crippen LogP contribution < -0.4 is 4.90 Å². The van der Waals surface area contributed by atoms with Crippen molar-refractivity contribution in [3.63, 3.8) is 0 Å².